The Balaban J connectivity index is 2.07. The minimum Gasteiger partial charge on any atom is -0.496 e. The molecule has 1 amide bonds. The number of ether oxygens (including phenoxy) is 2. The summed E-state index contributed by atoms with van der Waals surface area (Å²) in [5.41, 5.74) is -0.275. The van der Waals surface area contributed by atoms with E-state index in [1.54, 1.807) is 48.5 Å². The Morgan fingerprint density at radius 3 is 2.32 bits per heavy atom. The average Bonchev–Trinajstić information content (AvgIpc) is 2.63. The monoisotopic (exact) mass is 338 g/mol. The molecule has 1 N–H and O–H groups in total. The number of carbonyl (C=O) groups is 2. The van der Waals surface area contributed by atoms with Gasteiger partial charge < -0.3 is 14.8 Å². The molecule has 0 aliphatic carbocycles. The molecule has 6 heteroatoms. The van der Waals surface area contributed by atoms with Crippen LogP contribution in [0.15, 0.2) is 48.5 Å². The van der Waals surface area contributed by atoms with Crippen LogP contribution >= 0.6 is 0 Å². The van der Waals surface area contributed by atoms with Crippen molar-refractivity contribution in [2.75, 3.05) is 12.4 Å². The highest BCUT2D eigenvalue weighted by molar-refractivity contribution is 6.06. The van der Waals surface area contributed by atoms with Crippen LogP contribution in [0.5, 0.6) is 11.5 Å². The summed E-state index contributed by atoms with van der Waals surface area (Å²) in [6.07, 6.45) is 0. The number of anilines is 1. The second kappa shape index (κ2) is 7.49. The van der Waals surface area contributed by atoms with Crippen molar-refractivity contribution in [1.82, 2.24) is 0 Å². The number of benzene rings is 2. The topological polar surface area (TPSA) is 88.4 Å². The van der Waals surface area contributed by atoms with E-state index in [2.05, 4.69) is 5.32 Å². The molecule has 0 aromatic heterocycles. The molecule has 0 radical (unpaired) electrons. The van der Waals surface area contributed by atoms with Crippen LogP contribution in [0, 0.1) is 16.7 Å². The first kappa shape index (κ1) is 18.0. The number of para-hydroxylation sites is 1. The maximum Gasteiger partial charge on any atom is 0.331 e. The van der Waals surface area contributed by atoms with Crippen molar-refractivity contribution < 1.29 is 19.1 Å². The maximum absolute atomic E-state index is 12.3. The Morgan fingerprint density at radius 2 is 1.72 bits per heavy atom. The summed E-state index contributed by atoms with van der Waals surface area (Å²) in [5, 5.41) is 11.7. The highest BCUT2D eigenvalue weighted by Gasteiger charge is 2.29. The van der Waals surface area contributed by atoms with Crippen LogP contribution in [0.2, 0.25) is 0 Å². The van der Waals surface area contributed by atoms with E-state index in [4.69, 9.17) is 14.7 Å². The molecule has 0 heterocycles. The van der Waals surface area contributed by atoms with Gasteiger partial charge in [0.05, 0.1) is 18.7 Å². The van der Waals surface area contributed by atoms with E-state index in [1.807, 2.05) is 6.07 Å². The van der Waals surface area contributed by atoms with Gasteiger partial charge in [-0.05, 0) is 50.2 Å². The van der Waals surface area contributed by atoms with Crippen molar-refractivity contribution >= 4 is 17.6 Å². The molecule has 0 spiro atoms. The third-order valence-corrected chi connectivity index (χ3v) is 3.46. The first-order valence-corrected chi connectivity index (χ1v) is 7.55. The van der Waals surface area contributed by atoms with Crippen LogP contribution in [0.3, 0.4) is 0 Å². The molecule has 6 nitrogen and oxygen atoms in total. The lowest BCUT2D eigenvalue weighted by atomic mass is 9.96. The zero-order chi connectivity index (χ0) is 18.4. The molecule has 0 aliphatic rings. The SMILES string of the molecule is COc1ccccc1C(=O)Nc1ccc(OC(=O)C(C)(C)C#N)cc1. The van der Waals surface area contributed by atoms with Crippen molar-refractivity contribution in [1.29, 1.82) is 5.26 Å². The second-order valence-corrected chi connectivity index (χ2v) is 5.81. The molecule has 2 aromatic carbocycles. The number of hydrogen-bond donors (Lipinski definition) is 1. The third-order valence-electron chi connectivity index (χ3n) is 3.46. The molecule has 128 valence electrons. The van der Waals surface area contributed by atoms with Gasteiger partial charge in [0.25, 0.3) is 5.91 Å². The van der Waals surface area contributed by atoms with Crippen LogP contribution in [0.4, 0.5) is 5.69 Å². The van der Waals surface area contributed by atoms with Gasteiger partial charge in [-0.25, -0.2) is 4.79 Å². The van der Waals surface area contributed by atoms with Gasteiger partial charge >= 0.3 is 5.97 Å². The summed E-state index contributed by atoms with van der Waals surface area (Å²) in [6.45, 7) is 2.97. The molecule has 0 bridgehead atoms. The second-order valence-electron chi connectivity index (χ2n) is 5.81. The van der Waals surface area contributed by atoms with Crippen LogP contribution in [0.1, 0.15) is 24.2 Å². The number of carbonyl (C=O) groups excluding carboxylic acids is 2. The van der Waals surface area contributed by atoms with Gasteiger partial charge in [0.2, 0.25) is 0 Å². The van der Waals surface area contributed by atoms with Gasteiger partial charge in [-0.3, -0.25) is 4.79 Å². The molecule has 0 aliphatic heterocycles. The molecule has 25 heavy (non-hydrogen) atoms. The molecular formula is C19H18N2O4. The van der Waals surface area contributed by atoms with E-state index < -0.39 is 11.4 Å². The first-order valence-electron chi connectivity index (χ1n) is 7.55. The van der Waals surface area contributed by atoms with Gasteiger partial charge in [0, 0.05) is 5.69 Å². The first-order chi connectivity index (χ1) is 11.9. The molecule has 2 aromatic rings. The molecule has 2 rings (SSSR count). The lowest BCUT2D eigenvalue weighted by Gasteiger charge is -2.14. The summed E-state index contributed by atoms with van der Waals surface area (Å²) in [7, 11) is 1.50. The number of methoxy groups -OCH3 is 1. The number of nitriles is 1. The lowest BCUT2D eigenvalue weighted by Crippen LogP contribution is -2.27. The van der Waals surface area contributed by atoms with Crippen molar-refractivity contribution in [3.63, 3.8) is 0 Å². The van der Waals surface area contributed by atoms with Crippen molar-refractivity contribution in [3.05, 3.63) is 54.1 Å². The van der Waals surface area contributed by atoms with Gasteiger partial charge in [0.15, 0.2) is 0 Å². The lowest BCUT2D eigenvalue weighted by molar-refractivity contribution is -0.141. The number of nitrogens with one attached hydrogen (secondary N) is 1. The Labute approximate surface area is 146 Å². The molecule has 0 saturated heterocycles. The summed E-state index contributed by atoms with van der Waals surface area (Å²) in [4.78, 5) is 24.2. The van der Waals surface area contributed by atoms with Crippen molar-refractivity contribution in [2.24, 2.45) is 5.41 Å². The van der Waals surface area contributed by atoms with E-state index in [0.29, 0.717) is 22.7 Å². The minimum atomic E-state index is -1.23. The molecular weight excluding hydrogens is 320 g/mol. The highest BCUT2D eigenvalue weighted by atomic mass is 16.5. The van der Waals surface area contributed by atoms with E-state index in [-0.39, 0.29) is 5.91 Å². The average molecular weight is 338 g/mol. The van der Waals surface area contributed by atoms with Crippen LogP contribution < -0.4 is 14.8 Å². The van der Waals surface area contributed by atoms with Gasteiger partial charge in [0.1, 0.15) is 16.9 Å². The smallest absolute Gasteiger partial charge is 0.331 e. The zero-order valence-corrected chi connectivity index (χ0v) is 14.2. The van der Waals surface area contributed by atoms with Gasteiger partial charge in [-0.2, -0.15) is 5.26 Å². The van der Waals surface area contributed by atoms with E-state index >= 15 is 0 Å². The van der Waals surface area contributed by atoms with Crippen molar-refractivity contribution in [2.45, 2.75) is 13.8 Å². The fourth-order valence-corrected chi connectivity index (χ4v) is 1.92. The zero-order valence-electron chi connectivity index (χ0n) is 14.2. The van der Waals surface area contributed by atoms with Crippen LogP contribution in [-0.4, -0.2) is 19.0 Å². The summed E-state index contributed by atoms with van der Waals surface area (Å²) in [5.74, 6) is -0.179. The van der Waals surface area contributed by atoms with Crippen LogP contribution in [0.25, 0.3) is 0 Å². The quantitative estimate of drug-likeness (QED) is 0.667. The number of hydrogen-bond acceptors (Lipinski definition) is 5. The number of nitrogens with zero attached hydrogens (tertiary/aromatic N) is 1. The summed E-state index contributed by atoms with van der Waals surface area (Å²) >= 11 is 0. The molecule has 0 unspecified atom stereocenters. The third kappa shape index (κ3) is 4.36. The van der Waals surface area contributed by atoms with Crippen LogP contribution in [-0.2, 0) is 4.79 Å². The summed E-state index contributed by atoms with van der Waals surface area (Å²) < 4.78 is 10.3. The van der Waals surface area contributed by atoms with Crippen molar-refractivity contribution in [3.8, 4) is 17.6 Å². The number of esters is 1. The predicted octanol–water partition coefficient (Wildman–Crippen LogP) is 3.40. The Hall–Kier alpha value is -3.33. The normalized spacial score (nSPS) is 10.5. The van der Waals surface area contributed by atoms with E-state index in [0.717, 1.165) is 0 Å². The molecule has 0 fully saturated rings. The van der Waals surface area contributed by atoms with Gasteiger partial charge in [-0.1, -0.05) is 12.1 Å². The number of rotatable bonds is 5. The fraction of sp³-hybridized carbons (Fsp3) is 0.211. The van der Waals surface area contributed by atoms with Gasteiger partial charge in [-0.15, -0.1) is 0 Å². The minimum absolute atomic E-state index is 0.295. The maximum atomic E-state index is 12.3. The standard InChI is InChI=1S/C19H18N2O4/c1-19(2,12-20)18(23)25-14-10-8-13(9-11-14)21-17(22)15-6-4-5-7-16(15)24-3/h4-11H,1-3H3,(H,21,22). The van der Waals surface area contributed by atoms with E-state index in [1.165, 1.54) is 21.0 Å². The Bertz CT molecular complexity index is 820. The highest BCUT2D eigenvalue weighted by Crippen LogP contribution is 2.23. The molecule has 0 saturated carbocycles. The Kier molecular flexibility index (Phi) is 5.40. The van der Waals surface area contributed by atoms with E-state index in [9.17, 15) is 9.59 Å². The largest absolute Gasteiger partial charge is 0.496 e. The summed E-state index contributed by atoms with van der Waals surface area (Å²) in [6, 6.07) is 15.1. The number of amides is 1. The molecule has 0 atom stereocenters. The predicted molar refractivity (Wildman–Crippen MR) is 92.4 cm³/mol. The fourth-order valence-electron chi connectivity index (χ4n) is 1.92. The Morgan fingerprint density at radius 1 is 1.08 bits per heavy atom.